The number of allylic oxidation sites excluding steroid dienone is 3. The Balaban J connectivity index is 2.19. The van der Waals surface area contributed by atoms with Crippen LogP contribution in [0.15, 0.2) is 34.6 Å². The van der Waals surface area contributed by atoms with Crippen LogP contribution in [0.2, 0.25) is 0 Å². The maximum atomic E-state index is 11.1. The molecule has 0 saturated heterocycles. The molecule has 1 aliphatic rings. The van der Waals surface area contributed by atoms with Crippen molar-refractivity contribution in [3.63, 3.8) is 0 Å². The number of nitrogens with zero attached hydrogens (tertiary/aromatic N) is 2. The van der Waals surface area contributed by atoms with Crippen molar-refractivity contribution < 1.29 is 13.9 Å². The van der Waals surface area contributed by atoms with Gasteiger partial charge in [0.05, 0.1) is 12.9 Å². The van der Waals surface area contributed by atoms with Crippen LogP contribution in [-0.4, -0.2) is 36.7 Å². The second-order valence-electron chi connectivity index (χ2n) is 6.32. The van der Waals surface area contributed by atoms with Crippen molar-refractivity contribution in [2.45, 2.75) is 25.7 Å². The normalized spacial score (nSPS) is 15.2. The van der Waals surface area contributed by atoms with Gasteiger partial charge in [-0.1, -0.05) is 11.9 Å². The van der Waals surface area contributed by atoms with Crippen molar-refractivity contribution in [2.75, 3.05) is 25.1 Å². The van der Waals surface area contributed by atoms with E-state index in [2.05, 4.69) is 9.71 Å². The molecule has 1 N–H and O–H groups in total. The van der Waals surface area contributed by atoms with Crippen molar-refractivity contribution in [1.29, 1.82) is 0 Å². The molecule has 1 fully saturated rings. The Hall–Kier alpha value is -2.41. The number of methoxy groups -OCH3 is 1. The molecule has 0 radical (unpaired) electrons. The first kappa shape index (κ1) is 18.4. The average molecular weight is 373 g/mol. The minimum Gasteiger partial charge on any atom is -0.501 e. The molecule has 1 saturated carbocycles. The Bertz CT molecular complexity index is 868. The number of nitrogens with one attached hydrogen (secondary N) is 1. The highest BCUT2D eigenvalue weighted by Gasteiger charge is 2.29. The van der Waals surface area contributed by atoms with Crippen LogP contribution >= 0.6 is 11.9 Å². The Morgan fingerprint density at radius 2 is 2.23 bits per heavy atom. The lowest BCUT2D eigenvalue weighted by atomic mass is 10.0. The van der Waals surface area contributed by atoms with Crippen molar-refractivity contribution in [1.82, 2.24) is 9.88 Å². The third-order valence-electron chi connectivity index (χ3n) is 4.15. The van der Waals surface area contributed by atoms with Crippen LogP contribution in [0, 0.1) is 0 Å². The number of benzene rings is 1. The Kier molecular flexibility index (Phi) is 5.56. The van der Waals surface area contributed by atoms with Gasteiger partial charge in [0.1, 0.15) is 5.52 Å². The lowest BCUT2D eigenvalue weighted by Crippen LogP contribution is -2.07. The summed E-state index contributed by atoms with van der Waals surface area (Å²) in [6.07, 6.45) is 8.61. The van der Waals surface area contributed by atoms with E-state index in [0.29, 0.717) is 5.92 Å². The zero-order chi connectivity index (χ0) is 18.7. The van der Waals surface area contributed by atoms with Crippen LogP contribution in [0.3, 0.4) is 0 Å². The quantitative estimate of drug-likeness (QED) is 0.321. The number of aromatic nitrogens is 1. The van der Waals surface area contributed by atoms with E-state index in [-0.39, 0.29) is 0 Å². The molecule has 1 aromatic heterocycles. The maximum absolute atomic E-state index is 11.1. The summed E-state index contributed by atoms with van der Waals surface area (Å²) in [5.41, 5.74) is 4.14. The molecular weight excluding hydrogens is 350 g/mol. The maximum Gasteiger partial charge on any atom is 0.213 e. The second kappa shape index (κ2) is 7.86. The van der Waals surface area contributed by atoms with Crippen molar-refractivity contribution in [3.8, 4) is 0 Å². The fourth-order valence-electron chi connectivity index (χ4n) is 2.66. The molecule has 1 heterocycles. The number of hydrogen-bond acceptors (Lipinski definition) is 6. The second-order valence-corrected chi connectivity index (χ2v) is 6.93. The predicted octanol–water partition coefficient (Wildman–Crippen LogP) is 4.37. The summed E-state index contributed by atoms with van der Waals surface area (Å²) in [4.78, 5) is 17.3. The first-order chi connectivity index (χ1) is 12.5. The smallest absolute Gasteiger partial charge is 0.213 e. The van der Waals surface area contributed by atoms with Gasteiger partial charge >= 0.3 is 0 Å². The molecule has 138 valence electrons. The zero-order valence-electron chi connectivity index (χ0n) is 15.4. The molecule has 1 amide bonds. The van der Waals surface area contributed by atoms with Crippen LogP contribution in [-0.2, 0) is 9.53 Å². The summed E-state index contributed by atoms with van der Waals surface area (Å²) >= 11 is 1.51. The summed E-state index contributed by atoms with van der Waals surface area (Å²) in [6.45, 7) is 1.87. The number of rotatable bonds is 8. The molecular formula is C19H23N3O3S. The standard InChI is InChI=1S/C19H23N3O3S/c1-12(24-3)7-14(10-22(2)11-23)16-8-15(21-26-4)9-17-18(16)25-19(20-17)13-5-6-13/h7-11,13,21H,5-6H2,1-4H3/b12-7+,14-10+. The number of hydrogen-bond donors (Lipinski definition) is 1. The van der Waals surface area contributed by atoms with E-state index in [1.807, 2.05) is 31.4 Å². The zero-order valence-corrected chi connectivity index (χ0v) is 16.2. The van der Waals surface area contributed by atoms with E-state index in [0.717, 1.165) is 58.8 Å². The first-order valence-electron chi connectivity index (χ1n) is 8.41. The SMILES string of the molecule is CO/C(C)=C/C(=C\N(C)C=O)c1cc(NSC)cc2nc(C3CC3)oc12. The molecule has 26 heavy (non-hydrogen) atoms. The van der Waals surface area contributed by atoms with Crippen LogP contribution < -0.4 is 4.72 Å². The number of fused-ring (bicyclic) bond motifs is 1. The van der Waals surface area contributed by atoms with Gasteiger partial charge in [0.15, 0.2) is 11.5 Å². The highest BCUT2D eigenvalue weighted by Crippen LogP contribution is 2.42. The summed E-state index contributed by atoms with van der Waals surface area (Å²) in [5.74, 6) is 1.94. The van der Waals surface area contributed by atoms with Gasteiger partial charge in [-0.05, 0) is 38.0 Å². The van der Waals surface area contributed by atoms with Crippen LogP contribution in [0.5, 0.6) is 0 Å². The van der Waals surface area contributed by atoms with Gasteiger partial charge in [-0.15, -0.1) is 0 Å². The summed E-state index contributed by atoms with van der Waals surface area (Å²) in [5, 5.41) is 0. The number of anilines is 1. The van der Waals surface area contributed by atoms with Gasteiger partial charge in [0.25, 0.3) is 0 Å². The highest BCUT2D eigenvalue weighted by molar-refractivity contribution is 7.99. The number of ether oxygens (including phenoxy) is 1. The van der Waals surface area contributed by atoms with E-state index in [1.54, 1.807) is 20.4 Å². The molecule has 0 bridgehead atoms. The summed E-state index contributed by atoms with van der Waals surface area (Å²) in [7, 11) is 3.31. The molecule has 2 aromatic rings. The molecule has 1 aliphatic carbocycles. The molecule has 0 spiro atoms. The van der Waals surface area contributed by atoms with Gasteiger partial charge in [0.2, 0.25) is 6.41 Å². The number of carbonyl (C=O) groups excluding carboxylic acids is 1. The molecule has 0 aliphatic heterocycles. The number of carbonyl (C=O) groups is 1. The van der Waals surface area contributed by atoms with Gasteiger partial charge < -0.3 is 18.8 Å². The van der Waals surface area contributed by atoms with E-state index >= 15 is 0 Å². The summed E-state index contributed by atoms with van der Waals surface area (Å²) < 4.78 is 14.7. The van der Waals surface area contributed by atoms with Gasteiger partial charge in [-0.2, -0.15) is 0 Å². The van der Waals surface area contributed by atoms with E-state index in [1.165, 1.54) is 16.8 Å². The minimum atomic E-state index is 0.425. The largest absolute Gasteiger partial charge is 0.501 e. The monoisotopic (exact) mass is 373 g/mol. The van der Waals surface area contributed by atoms with Gasteiger partial charge in [-0.3, -0.25) is 4.79 Å². The van der Waals surface area contributed by atoms with Crippen molar-refractivity contribution in [2.24, 2.45) is 0 Å². The lowest BCUT2D eigenvalue weighted by Gasteiger charge is -2.12. The summed E-state index contributed by atoms with van der Waals surface area (Å²) in [6, 6.07) is 3.99. The van der Waals surface area contributed by atoms with Crippen LogP contribution in [0.25, 0.3) is 16.7 Å². The van der Waals surface area contributed by atoms with E-state index in [9.17, 15) is 4.79 Å². The molecule has 7 heteroatoms. The van der Waals surface area contributed by atoms with E-state index < -0.39 is 0 Å². The fourth-order valence-corrected chi connectivity index (χ4v) is 3.01. The molecule has 3 rings (SSSR count). The molecule has 1 aromatic carbocycles. The van der Waals surface area contributed by atoms with Crippen molar-refractivity contribution >= 4 is 40.7 Å². The first-order valence-corrected chi connectivity index (χ1v) is 9.63. The van der Waals surface area contributed by atoms with Crippen molar-refractivity contribution in [3.05, 3.63) is 41.6 Å². The Morgan fingerprint density at radius 3 is 2.85 bits per heavy atom. The number of amides is 1. The minimum absolute atomic E-state index is 0.425. The Labute approximate surface area is 157 Å². The topological polar surface area (TPSA) is 67.6 Å². The van der Waals surface area contributed by atoms with E-state index in [4.69, 9.17) is 9.15 Å². The van der Waals surface area contributed by atoms with Crippen LogP contribution in [0.4, 0.5) is 5.69 Å². The Morgan fingerprint density at radius 1 is 1.46 bits per heavy atom. The molecule has 0 unspecified atom stereocenters. The van der Waals surface area contributed by atoms with Crippen LogP contribution in [0.1, 0.15) is 37.1 Å². The molecule has 0 atom stereocenters. The molecule has 6 nitrogen and oxygen atoms in total. The average Bonchev–Trinajstić information content (AvgIpc) is 3.40. The highest BCUT2D eigenvalue weighted by atomic mass is 32.2. The predicted molar refractivity (Wildman–Crippen MR) is 106 cm³/mol. The number of oxazole rings is 1. The van der Waals surface area contributed by atoms with Gasteiger partial charge in [-0.25, -0.2) is 4.98 Å². The third-order valence-corrected chi connectivity index (χ3v) is 4.59. The third kappa shape index (κ3) is 4.04. The lowest BCUT2D eigenvalue weighted by molar-refractivity contribution is -0.114. The van der Waals surface area contributed by atoms with Gasteiger partial charge in [0, 0.05) is 42.2 Å². The fraction of sp³-hybridized carbons (Fsp3) is 0.368.